The molecule has 4 rings (SSSR count). The highest BCUT2D eigenvalue weighted by Crippen LogP contribution is 2.35. The van der Waals surface area contributed by atoms with Crippen LogP contribution in [0.5, 0.6) is 5.75 Å². The van der Waals surface area contributed by atoms with E-state index in [1.165, 1.54) is 48.1 Å². The number of sulfonamides is 1. The van der Waals surface area contributed by atoms with Gasteiger partial charge in [-0.05, 0) is 49.5 Å². The van der Waals surface area contributed by atoms with Crippen molar-refractivity contribution >= 4 is 38.5 Å². The Bertz CT molecular complexity index is 1100. The van der Waals surface area contributed by atoms with Crippen molar-refractivity contribution in [2.75, 3.05) is 25.5 Å². The van der Waals surface area contributed by atoms with Crippen molar-refractivity contribution in [1.29, 1.82) is 0 Å². The SMILES string of the molecule is COc1ccc(/C=C/C(=O)Nc2nnc(C3CCCCC3)s2)cc1S(=O)(=O)N1CCCCC1. The van der Waals surface area contributed by atoms with E-state index in [-0.39, 0.29) is 10.8 Å². The molecule has 0 unspecified atom stereocenters. The van der Waals surface area contributed by atoms with Crippen molar-refractivity contribution in [3.05, 3.63) is 34.8 Å². The van der Waals surface area contributed by atoms with Gasteiger partial charge in [-0.2, -0.15) is 4.31 Å². The molecule has 0 bridgehead atoms. The van der Waals surface area contributed by atoms with E-state index >= 15 is 0 Å². The number of piperidine rings is 1. The van der Waals surface area contributed by atoms with Crippen LogP contribution in [0.1, 0.15) is 67.9 Å². The summed E-state index contributed by atoms with van der Waals surface area (Å²) in [5, 5.41) is 12.6. The summed E-state index contributed by atoms with van der Waals surface area (Å²) in [4.78, 5) is 12.5. The zero-order valence-corrected chi connectivity index (χ0v) is 20.5. The minimum absolute atomic E-state index is 0.121. The number of rotatable bonds is 7. The molecule has 1 saturated carbocycles. The number of hydrogen-bond donors (Lipinski definition) is 1. The summed E-state index contributed by atoms with van der Waals surface area (Å²) in [5.74, 6) is 0.404. The van der Waals surface area contributed by atoms with Crippen LogP contribution in [0.2, 0.25) is 0 Å². The molecular formula is C23H30N4O4S2. The molecule has 178 valence electrons. The van der Waals surface area contributed by atoms with Crippen molar-refractivity contribution in [3.63, 3.8) is 0 Å². The van der Waals surface area contributed by atoms with Gasteiger partial charge in [0.25, 0.3) is 0 Å². The quantitative estimate of drug-likeness (QED) is 0.577. The Morgan fingerprint density at radius 2 is 1.85 bits per heavy atom. The molecule has 8 nitrogen and oxygen atoms in total. The van der Waals surface area contributed by atoms with Crippen LogP contribution in [0, 0.1) is 0 Å². The second-order valence-corrected chi connectivity index (χ2v) is 11.4. The van der Waals surface area contributed by atoms with E-state index in [1.54, 1.807) is 24.3 Å². The molecule has 1 aromatic heterocycles. The minimum atomic E-state index is -3.67. The van der Waals surface area contributed by atoms with Crippen molar-refractivity contribution in [1.82, 2.24) is 14.5 Å². The van der Waals surface area contributed by atoms with Crippen molar-refractivity contribution in [3.8, 4) is 5.75 Å². The monoisotopic (exact) mass is 490 g/mol. The summed E-state index contributed by atoms with van der Waals surface area (Å²) in [6.45, 7) is 1.03. The van der Waals surface area contributed by atoms with E-state index in [4.69, 9.17) is 4.74 Å². The zero-order chi connectivity index (χ0) is 23.3. The molecule has 1 N–H and O–H groups in total. The molecule has 1 saturated heterocycles. The molecule has 33 heavy (non-hydrogen) atoms. The molecule has 2 aliphatic rings. The average molecular weight is 491 g/mol. The topological polar surface area (TPSA) is 101 Å². The number of carbonyl (C=O) groups is 1. The van der Waals surface area contributed by atoms with Crippen molar-refractivity contribution in [2.45, 2.75) is 62.2 Å². The summed E-state index contributed by atoms with van der Waals surface area (Å²) < 4.78 is 33.1. The van der Waals surface area contributed by atoms with Gasteiger partial charge in [0.2, 0.25) is 21.1 Å². The van der Waals surface area contributed by atoms with Gasteiger partial charge < -0.3 is 4.74 Å². The van der Waals surface area contributed by atoms with Gasteiger partial charge in [0, 0.05) is 25.1 Å². The normalized spacial score (nSPS) is 18.5. The van der Waals surface area contributed by atoms with Gasteiger partial charge >= 0.3 is 0 Å². The number of nitrogens with zero attached hydrogens (tertiary/aromatic N) is 3. The van der Waals surface area contributed by atoms with E-state index < -0.39 is 10.0 Å². The van der Waals surface area contributed by atoms with E-state index in [0.29, 0.717) is 35.5 Å². The highest BCUT2D eigenvalue weighted by Gasteiger charge is 2.29. The van der Waals surface area contributed by atoms with Crippen LogP contribution in [0.4, 0.5) is 5.13 Å². The van der Waals surface area contributed by atoms with Crippen LogP contribution in [-0.2, 0) is 14.8 Å². The van der Waals surface area contributed by atoms with Crippen LogP contribution in [-0.4, -0.2) is 49.0 Å². The summed E-state index contributed by atoms with van der Waals surface area (Å²) >= 11 is 1.43. The molecule has 1 aliphatic heterocycles. The molecular weight excluding hydrogens is 460 g/mol. The number of carbonyl (C=O) groups excluding carboxylic acids is 1. The largest absolute Gasteiger partial charge is 0.495 e. The number of nitrogens with one attached hydrogen (secondary N) is 1. The van der Waals surface area contributed by atoms with E-state index in [0.717, 1.165) is 37.1 Å². The first-order chi connectivity index (χ1) is 16.0. The van der Waals surface area contributed by atoms with Crippen LogP contribution >= 0.6 is 11.3 Å². The number of methoxy groups -OCH3 is 1. The Labute approximate surface area is 199 Å². The summed E-state index contributed by atoms with van der Waals surface area (Å²) in [5.41, 5.74) is 0.599. The summed E-state index contributed by atoms with van der Waals surface area (Å²) in [6, 6.07) is 4.90. The lowest BCUT2D eigenvalue weighted by molar-refractivity contribution is -0.111. The smallest absolute Gasteiger partial charge is 0.250 e. The number of aromatic nitrogens is 2. The number of anilines is 1. The molecule has 0 radical (unpaired) electrons. The number of ether oxygens (including phenoxy) is 1. The van der Waals surface area contributed by atoms with Gasteiger partial charge in [-0.1, -0.05) is 43.1 Å². The molecule has 10 heteroatoms. The third-order valence-electron chi connectivity index (χ3n) is 6.17. The molecule has 2 aromatic rings. The van der Waals surface area contributed by atoms with Gasteiger partial charge in [0.05, 0.1) is 7.11 Å². The zero-order valence-electron chi connectivity index (χ0n) is 18.8. The van der Waals surface area contributed by atoms with Gasteiger partial charge in [-0.15, -0.1) is 10.2 Å². The Hall–Kier alpha value is -2.30. The van der Waals surface area contributed by atoms with Crippen LogP contribution in [0.25, 0.3) is 6.08 Å². The van der Waals surface area contributed by atoms with Crippen molar-refractivity contribution < 1.29 is 17.9 Å². The Balaban J connectivity index is 1.45. The maximum absolute atomic E-state index is 13.2. The molecule has 1 amide bonds. The maximum atomic E-state index is 13.2. The first-order valence-corrected chi connectivity index (χ1v) is 13.7. The Kier molecular flexibility index (Phi) is 7.77. The lowest BCUT2D eigenvalue weighted by Crippen LogP contribution is -2.35. The third kappa shape index (κ3) is 5.80. The maximum Gasteiger partial charge on any atom is 0.250 e. The highest BCUT2D eigenvalue weighted by atomic mass is 32.2. The van der Waals surface area contributed by atoms with Crippen LogP contribution in [0.15, 0.2) is 29.2 Å². The predicted octanol–water partition coefficient (Wildman–Crippen LogP) is 4.42. The number of benzene rings is 1. The fourth-order valence-corrected chi connectivity index (χ4v) is 6.98. The standard InChI is InChI=1S/C23H30N4O4S2/c1-31-19-12-10-17(16-20(19)33(29,30)27-14-6-3-7-15-27)11-13-21(28)24-23-26-25-22(32-23)18-8-4-2-5-9-18/h10-13,16,18H,2-9,14-15H2,1H3,(H,24,26,28)/b13-11+. The van der Waals surface area contributed by atoms with Crippen molar-refractivity contribution in [2.24, 2.45) is 0 Å². The lowest BCUT2D eigenvalue weighted by Gasteiger charge is -2.26. The molecule has 0 atom stereocenters. The minimum Gasteiger partial charge on any atom is -0.495 e. The first-order valence-electron chi connectivity index (χ1n) is 11.5. The molecule has 2 heterocycles. The first kappa shape index (κ1) is 23.8. The van der Waals surface area contributed by atoms with Gasteiger partial charge in [0.1, 0.15) is 15.7 Å². The fourth-order valence-electron chi connectivity index (χ4n) is 4.36. The van der Waals surface area contributed by atoms with E-state index in [2.05, 4.69) is 15.5 Å². The third-order valence-corrected chi connectivity index (χ3v) is 9.09. The average Bonchev–Trinajstić information content (AvgIpc) is 3.32. The van der Waals surface area contributed by atoms with Gasteiger partial charge in [-0.25, -0.2) is 8.42 Å². The predicted molar refractivity (Wildman–Crippen MR) is 129 cm³/mol. The van der Waals surface area contributed by atoms with Gasteiger partial charge in [-0.3, -0.25) is 10.1 Å². The second-order valence-electron chi connectivity index (χ2n) is 8.48. The van der Waals surface area contributed by atoms with E-state index in [1.807, 2.05) is 0 Å². The van der Waals surface area contributed by atoms with E-state index in [9.17, 15) is 13.2 Å². The summed E-state index contributed by atoms with van der Waals surface area (Å²) in [7, 11) is -2.21. The molecule has 1 aliphatic carbocycles. The summed E-state index contributed by atoms with van der Waals surface area (Å²) in [6.07, 6.45) is 11.7. The number of amides is 1. The number of hydrogen-bond acceptors (Lipinski definition) is 7. The highest BCUT2D eigenvalue weighted by molar-refractivity contribution is 7.89. The second kappa shape index (κ2) is 10.8. The Morgan fingerprint density at radius 3 is 2.58 bits per heavy atom. The van der Waals surface area contributed by atoms with Crippen LogP contribution < -0.4 is 10.1 Å². The molecule has 2 fully saturated rings. The van der Waals surface area contributed by atoms with Crippen LogP contribution in [0.3, 0.4) is 0 Å². The molecule has 1 aromatic carbocycles. The lowest BCUT2D eigenvalue weighted by atomic mass is 9.90. The fraction of sp³-hybridized carbons (Fsp3) is 0.522. The molecule has 0 spiro atoms. The van der Waals surface area contributed by atoms with Gasteiger partial charge in [0.15, 0.2) is 0 Å². The Morgan fingerprint density at radius 1 is 1.12 bits per heavy atom.